The number of nitrogens with zero attached hydrogens (tertiary/aromatic N) is 3. The Morgan fingerprint density at radius 1 is 1.48 bits per heavy atom. The van der Waals surface area contributed by atoms with Gasteiger partial charge in [-0.3, -0.25) is 4.79 Å². The van der Waals surface area contributed by atoms with E-state index in [1.807, 2.05) is 0 Å². The lowest BCUT2D eigenvalue weighted by Crippen LogP contribution is -2.20. The molecule has 0 saturated carbocycles. The van der Waals surface area contributed by atoms with Gasteiger partial charge in [0.05, 0.1) is 7.11 Å². The summed E-state index contributed by atoms with van der Waals surface area (Å²) in [6, 6.07) is 4.14. The van der Waals surface area contributed by atoms with E-state index in [-0.39, 0.29) is 28.8 Å². The number of carbonyl (C=O) groups excluding carboxylic acids is 1. The fraction of sp³-hybridized carbons (Fsp3) is 0.182. The predicted molar refractivity (Wildman–Crippen MR) is 73.0 cm³/mol. The van der Waals surface area contributed by atoms with E-state index >= 15 is 0 Å². The Bertz CT molecular complexity index is 742. The number of amides is 1. The average molecular weight is 311 g/mol. The maximum Gasteiger partial charge on any atom is 0.246 e. The molecular formula is C11H13N5O4S. The fourth-order valence-electron chi connectivity index (χ4n) is 1.64. The highest BCUT2D eigenvalue weighted by Crippen LogP contribution is 2.25. The molecule has 2 aromatic rings. The molecule has 1 amide bonds. The zero-order chi connectivity index (χ0) is 15.5. The van der Waals surface area contributed by atoms with Gasteiger partial charge in [-0.1, -0.05) is 0 Å². The summed E-state index contributed by atoms with van der Waals surface area (Å²) in [5.74, 6) is -0.280. The highest BCUT2D eigenvalue weighted by Gasteiger charge is 2.16. The van der Waals surface area contributed by atoms with Crippen molar-refractivity contribution in [2.45, 2.75) is 11.4 Å². The number of sulfonamides is 1. The zero-order valence-corrected chi connectivity index (χ0v) is 11.9. The van der Waals surface area contributed by atoms with Gasteiger partial charge in [0.15, 0.2) is 0 Å². The minimum Gasteiger partial charge on any atom is -0.495 e. The molecule has 0 spiro atoms. The molecule has 10 heteroatoms. The van der Waals surface area contributed by atoms with Crippen LogP contribution in [-0.4, -0.2) is 36.2 Å². The first kappa shape index (κ1) is 14.9. The number of hydrogen-bond donors (Lipinski definition) is 2. The number of rotatable bonds is 5. The summed E-state index contributed by atoms with van der Waals surface area (Å²) in [5, 5.41) is 11.4. The van der Waals surface area contributed by atoms with Gasteiger partial charge in [0.1, 0.15) is 29.8 Å². The normalized spacial score (nSPS) is 11.1. The number of nitrogens with one attached hydrogen (secondary N) is 1. The van der Waals surface area contributed by atoms with Crippen molar-refractivity contribution in [3.8, 4) is 5.75 Å². The minimum absolute atomic E-state index is 0.0449. The van der Waals surface area contributed by atoms with Crippen LogP contribution >= 0.6 is 0 Å². The van der Waals surface area contributed by atoms with Crippen molar-refractivity contribution in [3.05, 3.63) is 30.9 Å². The van der Waals surface area contributed by atoms with Crippen LogP contribution in [0.3, 0.4) is 0 Å². The molecule has 0 aliphatic heterocycles. The van der Waals surface area contributed by atoms with Crippen LogP contribution in [0.5, 0.6) is 5.75 Å². The summed E-state index contributed by atoms with van der Waals surface area (Å²) < 4.78 is 29.2. The number of benzene rings is 1. The van der Waals surface area contributed by atoms with Crippen molar-refractivity contribution in [1.82, 2.24) is 14.8 Å². The lowest BCUT2D eigenvalue weighted by molar-refractivity contribution is -0.116. The van der Waals surface area contributed by atoms with Gasteiger partial charge in [-0.25, -0.2) is 23.2 Å². The second-order valence-corrected chi connectivity index (χ2v) is 5.58. The Balaban J connectivity index is 2.19. The molecule has 0 atom stereocenters. The minimum atomic E-state index is -3.96. The van der Waals surface area contributed by atoms with Gasteiger partial charge in [-0.05, 0) is 18.2 Å². The van der Waals surface area contributed by atoms with Gasteiger partial charge < -0.3 is 10.1 Å². The molecule has 3 N–H and O–H groups in total. The number of carbonyl (C=O) groups is 1. The van der Waals surface area contributed by atoms with Crippen LogP contribution in [0.15, 0.2) is 35.7 Å². The maximum absolute atomic E-state index is 11.8. The first-order valence-electron chi connectivity index (χ1n) is 5.73. The van der Waals surface area contributed by atoms with Crippen molar-refractivity contribution in [3.63, 3.8) is 0 Å². The molecule has 1 heterocycles. The molecule has 0 radical (unpaired) electrons. The van der Waals surface area contributed by atoms with Crippen molar-refractivity contribution >= 4 is 21.6 Å². The number of aromatic nitrogens is 3. The topological polar surface area (TPSA) is 129 Å². The van der Waals surface area contributed by atoms with Crippen molar-refractivity contribution in [1.29, 1.82) is 0 Å². The Morgan fingerprint density at radius 3 is 2.81 bits per heavy atom. The molecule has 0 aliphatic rings. The van der Waals surface area contributed by atoms with Crippen LogP contribution in [0.2, 0.25) is 0 Å². The number of nitrogens with two attached hydrogens (primary N) is 1. The SMILES string of the molecule is COc1ccc(NC(=O)Cn2cncn2)cc1S(N)(=O)=O. The van der Waals surface area contributed by atoms with E-state index in [1.54, 1.807) is 0 Å². The summed E-state index contributed by atoms with van der Waals surface area (Å²) in [6.45, 7) is -0.0449. The van der Waals surface area contributed by atoms with E-state index in [4.69, 9.17) is 9.88 Å². The molecule has 21 heavy (non-hydrogen) atoms. The molecule has 9 nitrogen and oxygen atoms in total. The predicted octanol–water partition coefficient (Wildman–Crippen LogP) is -0.427. The molecule has 112 valence electrons. The molecular weight excluding hydrogens is 298 g/mol. The Labute approximate surface area is 120 Å². The summed E-state index contributed by atoms with van der Waals surface area (Å²) in [7, 11) is -2.63. The van der Waals surface area contributed by atoms with Crippen LogP contribution in [0.1, 0.15) is 0 Å². The summed E-state index contributed by atoms with van der Waals surface area (Å²) >= 11 is 0. The van der Waals surface area contributed by atoms with Crippen LogP contribution in [0.4, 0.5) is 5.69 Å². The Morgan fingerprint density at radius 2 is 2.24 bits per heavy atom. The molecule has 0 saturated heterocycles. The van der Waals surface area contributed by atoms with Gasteiger partial charge in [-0.2, -0.15) is 5.10 Å². The van der Waals surface area contributed by atoms with E-state index in [0.29, 0.717) is 0 Å². The monoisotopic (exact) mass is 311 g/mol. The Kier molecular flexibility index (Phi) is 4.19. The van der Waals surface area contributed by atoms with E-state index in [1.165, 1.54) is 42.6 Å². The van der Waals surface area contributed by atoms with Crippen molar-refractivity contribution in [2.75, 3.05) is 12.4 Å². The van der Waals surface area contributed by atoms with Gasteiger partial charge in [-0.15, -0.1) is 0 Å². The summed E-state index contributed by atoms with van der Waals surface area (Å²) in [4.78, 5) is 15.3. The zero-order valence-electron chi connectivity index (χ0n) is 11.1. The Hall–Kier alpha value is -2.46. The lowest BCUT2D eigenvalue weighted by Gasteiger charge is -2.10. The third-order valence-electron chi connectivity index (χ3n) is 2.53. The third-order valence-corrected chi connectivity index (χ3v) is 3.46. The average Bonchev–Trinajstić information content (AvgIpc) is 2.90. The fourth-order valence-corrected chi connectivity index (χ4v) is 2.36. The third kappa shape index (κ3) is 3.77. The first-order chi connectivity index (χ1) is 9.90. The van der Waals surface area contributed by atoms with Gasteiger partial charge >= 0.3 is 0 Å². The second kappa shape index (κ2) is 5.89. The molecule has 0 fully saturated rings. The van der Waals surface area contributed by atoms with E-state index < -0.39 is 10.0 Å². The maximum atomic E-state index is 11.8. The molecule has 0 bridgehead atoms. The van der Waals surface area contributed by atoms with Crippen LogP contribution < -0.4 is 15.2 Å². The largest absolute Gasteiger partial charge is 0.495 e. The number of primary sulfonamides is 1. The summed E-state index contributed by atoms with van der Waals surface area (Å²) in [6.07, 6.45) is 2.70. The van der Waals surface area contributed by atoms with Crippen molar-refractivity contribution < 1.29 is 17.9 Å². The molecule has 1 aromatic heterocycles. The van der Waals surface area contributed by atoms with Gasteiger partial charge in [0.25, 0.3) is 0 Å². The van der Waals surface area contributed by atoms with Crippen LogP contribution in [-0.2, 0) is 21.4 Å². The molecule has 1 aromatic carbocycles. The first-order valence-corrected chi connectivity index (χ1v) is 7.28. The lowest BCUT2D eigenvalue weighted by atomic mass is 10.3. The number of methoxy groups -OCH3 is 1. The van der Waals surface area contributed by atoms with Crippen molar-refractivity contribution in [2.24, 2.45) is 5.14 Å². The standard InChI is InChI=1S/C11H13N5O4S/c1-20-9-3-2-8(4-10(9)21(12,18)19)15-11(17)5-16-7-13-6-14-16/h2-4,6-7H,5H2,1H3,(H,15,17)(H2,12,18,19). The van der Waals surface area contributed by atoms with Gasteiger partial charge in [0, 0.05) is 5.69 Å². The highest BCUT2D eigenvalue weighted by atomic mass is 32.2. The number of hydrogen-bond acceptors (Lipinski definition) is 6. The van der Waals surface area contributed by atoms with Crippen LogP contribution in [0, 0.1) is 0 Å². The molecule has 2 rings (SSSR count). The van der Waals surface area contributed by atoms with E-state index in [2.05, 4.69) is 15.4 Å². The number of ether oxygens (including phenoxy) is 1. The molecule has 0 aliphatic carbocycles. The summed E-state index contributed by atoms with van der Waals surface area (Å²) in [5.41, 5.74) is 0.282. The van der Waals surface area contributed by atoms with Gasteiger partial charge in [0.2, 0.25) is 15.9 Å². The molecule has 0 unspecified atom stereocenters. The highest BCUT2D eigenvalue weighted by molar-refractivity contribution is 7.89. The van der Waals surface area contributed by atoms with Crippen LogP contribution in [0.25, 0.3) is 0 Å². The quantitative estimate of drug-likeness (QED) is 0.771. The number of anilines is 1. The second-order valence-electron chi connectivity index (χ2n) is 4.05. The smallest absolute Gasteiger partial charge is 0.246 e. The van der Waals surface area contributed by atoms with E-state index in [9.17, 15) is 13.2 Å². The van der Waals surface area contributed by atoms with E-state index in [0.717, 1.165) is 0 Å².